The predicted molar refractivity (Wildman–Crippen MR) is 40.0 cm³/mol. The van der Waals surface area contributed by atoms with Crippen molar-refractivity contribution in [1.29, 1.82) is 0 Å². The van der Waals surface area contributed by atoms with Gasteiger partial charge in [-0.2, -0.15) is 0 Å². The van der Waals surface area contributed by atoms with Crippen molar-refractivity contribution in [2.45, 2.75) is 6.92 Å². The molecule has 0 spiro atoms. The standard InChI is InChI=1S/C8H11N/c1-3-8-5-4-6-9-7(8)2/h3-5,9H,1,6H2,2H3. The van der Waals surface area contributed by atoms with Crippen LogP contribution >= 0.6 is 0 Å². The Hall–Kier alpha value is -0.980. The van der Waals surface area contributed by atoms with Gasteiger partial charge in [0, 0.05) is 12.2 Å². The van der Waals surface area contributed by atoms with E-state index in [4.69, 9.17) is 0 Å². The predicted octanol–water partition coefficient (Wildman–Crippen LogP) is 1.61. The van der Waals surface area contributed by atoms with Crippen molar-refractivity contribution in [3.8, 4) is 0 Å². The second-order valence-electron chi connectivity index (χ2n) is 2.07. The van der Waals surface area contributed by atoms with Crippen molar-refractivity contribution in [2.75, 3.05) is 6.54 Å². The molecule has 1 heteroatoms. The molecule has 0 amide bonds. The van der Waals surface area contributed by atoms with Gasteiger partial charge in [0.1, 0.15) is 0 Å². The highest BCUT2D eigenvalue weighted by molar-refractivity contribution is 5.35. The average Bonchev–Trinajstić information content (AvgIpc) is 1.89. The molecule has 0 fully saturated rings. The fourth-order valence-corrected chi connectivity index (χ4v) is 0.846. The second-order valence-corrected chi connectivity index (χ2v) is 2.07. The smallest absolute Gasteiger partial charge is 0.0331 e. The summed E-state index contributed by atoms with van der Waals surface area (Å²) in [6.07, 6.45) is 6.03. The summed E-state index contributed by atoms with van der Waals surface area (Å²) < 4.78 is 0. The minimum Gasteiger partial charge on any atom is -0.385 e. The Morgan fingerprint density at radius 2 is 2.56 bits per heavy atom. The lowest BCUT2D eigenvalue weighted by Gasteiger charge is -2.10. The highest BCUT2D eigenvalue weighted by Gasteiger charge is 1.96. The van der Waals surface area contributed by atoms with Crippen molar-refractivity contribution in [3.05, 3.63) is 36.1 Å². The zero-order chi connectivity index (χ0) is 6.69. The van der Waals surface area contributed by atoms with Crippen LogP contribution in [0.4, 0.5) is 0 Å². The summed E-state index contributed by atoms with van der Waals surface area (Å²) in [7, 11) is 0. The lowest BCUT2D eigenvalue weighted by Crippen LogP contribution is -2.15. The first-order chi connectivity index (χ1) is 4.34. The van der Waals surface area contributed by atoms with E-state index >= 15 is 0 Å². The highest BCUT2D eigenvalue weighted by Crippen LogP contribution is 2.06. The maximum absolute atomic E-state index is 3.69. The lowest BCUT2D eigenvalue weighted by molar-refractivity contribution is 0.880. The number of nitrogens with one attached hydrogen (secondary N) is 1. The third-order valence-electron chi connectivity index (χ3n) is 1.44. The summed E-state index contributed by atoms with van der Waals surface area (Å²) in [5, 5.41) is 3.20. The molecule has 0 aromatic carbocycles. The minimum atomic E-state index is 0.948. The van der Waals surface area contributed by atoms with Crippen molar-refractivity contribution in [2.24, 2.45) is 0 Å². The average molecular weight is 121 g/mol. The molecule has 1 N–H and O–H groups in total. The molecule has 9 heavy (non-hydrogen) atoms. The number of rotatable bonds is 1. The normalized spacial score (nSPS) is 17.4. The maximum Gasteiger partial charge on any atom is 0.0331 e. The molecule has 0 aliphatic carbocycles. The van der Waals surface area contributed by atoms with E-state index in [1.165, 1.54) is 11.3 Å². The Balaban J connectivity index is 2.84. The van der Waals surface area contributed by atoms with Gasteiger partial charge in [-0.05, 0) is 12.5 Å². The Morgan fingerprint density at radius 3 is 3.00 bits per heavy atom. The van der Waals surface area contributed by atoms with Gasteiger partial charge in [-0.3, -0.25) is 0 Å². The SMILES string of the molecule is C=CC1=C(C)NCC=C1. The van der Waals surface area contributed by atoms with Crippen LogP contribution in [0.15, 0.2) is 36.1 Å². The van der Waals surface area contributed by atoms with E-state index in [1.54, 1.807) is 0 Å². The van der Waals surface area contributed by atoms with Crippen molar-refractivity contribution >= 4 is 0 Å². The molecule has 1 rings (SSSR count). The third kappa shape index (κ3) is 1.22. The third-order valence-corrected chi connectivity index (χ3v) is 1.44. The minimum absolute atomic E-state index is 0.948. The number of dihydropyridines is 1. The largest absolute Gasteiger partial charge is 0.385 e. The van der Waals surface area contributed by atoms with Crippen LogP contribution in [0, 0.1) is 0 Å². The topological polar surface area (TPSA) is 12.0 Å². The Kier molecular flexibility index (Phi) is 1.73. The summed E-state index contributed by atoms with van der Waals surface area (Å²) in [6.45, 7) is 6.69. The molecule has 0 radical (unpaired) electrons. The van der Waals surface area contributed by atoms with E-state index in [0.29, 0.717) is 0 Å². The molecular formula is C8H11N. The van der Waals surface area contributed by atoms with E-state index < -0.39 is 0 Å². The van der Waals surface area contributed by atoms with Crippen LogP contribution in [0.3, 0.4) is 0 Å². The Bertz CT molecular complexity index is 175. The Labute approximate surface area is 55.8 Å². The van der Waals surface area contributed by atoms with E-state index in [1.807, 2.05) is 6.08 Å². The van der Waals surface area contributed by atoms with Crippen LogP contribution in [0.1, 0.15) is 6.92 Å². The zero-order valence-electron chi connectivity index (χ0n) is 5.65. The van der Waals surface area contributed by atoms with Crippen molar-refractivity contribution in [3.63, 3.8) is 0 Å². The lowest BCUT2D eigenvalue weighted by atomic mass is 10.1. The monoisotopic (exact) mass is 121 g/mol. The van der Waals surface area contributed by atoms with E-state index in [2.05, 4.69) is 31.0 Å². The molecule has 1 heterocycles. The summed E-state index contributed by atoms with van der Waals surface area (Å²) in [6, 6.07) is 0. The fourth-order valence-electron chi connectivity index (χ4n) is 0.846. The van der Waals surface area contributed by atoms with Gasteiger partial charge < -0.3 is 5.32 Å². The second kappa shape index (κ2) is 2.53. The van der Waals surface area contributed by atoms with E-state index in [-0.39, 0.29) is 0 Å². The molecule has 1 nitrogen and oxygen atoms in total. The van der Waals surface area contributed by atoms with Gasteiger partial charge in [0.15, 0.2) is 0 Å². The van der Waals surface area contributed by atoms with Gasteiger partial charge in [-0.25, -0.2) is 0 Å². The van der Waals surface area contributed by atoms with Gasteiger partial charge >= 0.3 is 0 Å². The first-order valence-corrected chi connectivity index (χ1v) is 3.08. The quantitative estimate of drug-likeness (QED) is 0.555. The summed E-state index contributed by atoms with van der Waals surface area (Å²) >= 11 is 0. The van der Waals surface area contributed by atoms with Gasteiger partial charge in [0.25, 0.3) is 0 Å². The summed E-state index contributed by atoms with van der Waals surface area (Å²) in [5.74, 6) is 0. The zero-order valence-corrected chi connectivity index (χ0v) is 5.65. The van der Waals surface area contributed by atoms with Crippen molar-refractivity contribution < 1.29 is 0 Å². The molecule has 0 aromatic rings. The van der Waals surface area contributed by atoms with Gasteiger partial charge in [-0.1, -0.05) is 24.8 Å². The number of hydrogen-bond acceptors (Lipinski definition) is 1. The molecule has 0 saturated heterocycles. The molecule has 1 aliphatic heterocycles. The van der Waals surface area contributed by atoms with Crippen LogP contribution in [0.5, 0.6) is 0 Å². The Morgan fingerprint density at radius 1 is 1.78 bits per heavy atom. The van der Waals surface area contributed by atoms with E-state index in [0.717, 1.165) is 6.54 Å². The molecule has 0 bridgehead atoms. The molecule has 0 saturated carbocycles. The number of hydrogen-bond donors (Lipinski definition) is 1. The summed E-state index contributed by atoms with van der Waals surface area (Å²) in [5.41, 5.74) is 2.41. The van der Waals surface area contributed by atoms with Gasteiger partial charge in [-0.15, -0.1) is 0 Å². The van der Waals surface area contributed by atoms with Crippen LogP contribution in [0.25, 0.3) is 0 Å². The van der Waals surface area contributed by atoms with Crippen molar-refractivity contribution in [1.82, 2.24) is 5.32 Å². The molecule has 48 valence electrons. The van der Waals surface area contributed by atoms with Gasteiger partial charge in [0.05, 0.1) is 0 Å². The molecule has 0 atom stereocenters. The molecule has 1 aliphatic rings. The number of allylic oxidation sites excluding steroid dienone is 4. The molecule has 0 aromatic heterocycles. The fraction of sp³-hybridized carbons (Fsp3) is 0.250. The van der Waals surface area contributed by atoms with Crippen LogP contribution in [-0.2, 0) is 0 Å². The maximum atomic E-state index is 3.69. The van der Waals surface area contributed by atoms with E-state index in [9.17, 15) is 0 Å². The van der Waals surface area contributed by atoms with Gasteiger partial charge in [0.2, 0.25) is 0 Å². The molecule has 0 unspecified atom stereocenters. The van der Waals surface area contributed by atoms with Crippen LogP contribution in [-0.4, -0.2) is 6.54 Å². The van der Waals surface area contributed by atoms with Crippen LogP contribution in [0.2, 0.25) is 0 Å². The first kappa shape index (κ1) is 6.14. The summed E-state index contributed by atoms with van der Waals surface area (Å²) in [4.78, 5) is 0. The first-order valence-electron chi connectivity index (χ1n) is 3.08. The van der Waals surface area contributed by atoms with Crippen LogP contribution < -0.4 is 5.32 Å². The molecular weight excluding hydrogens is 110 g/mol. The highest BCUT2D eigenvalue weighted by atomic mass is 14.9.